The predicted molar refractivity (Wildman–Crippen MR) is 76.8 cm³/mol. The van der Waals surface area contributed by atoms with E-state index in [2.05, 4.69) is 15.9 Å². The zero-order valence-corrected chi connectivity index (χ0v) is 12.9. The molecule has 2 fully saturated rings. The number of benzene rings is 1. The maximum absolute atomic E-state index is 12.3. The SMILES string of the molecule is O=C1C2CCC(O2)C(=O)N1Cc1cc(Br)cc2c1OCC2. The fourth-order valence-corrected chi connectivity index (χ4v) is 3.80. The van der Waals surface area contributed by atoms with Crippen LogP contribution in [0.3, 0.4) is 0 Å². The number of morpholine rings is 1. The van der Waals surface area contributed by atoms with Gasteiger partial charge in [-0.3, -0.25) is 14.5 Å². The number of fused-ring (bicyclic) bond motifs is 3. The molecular formula is C15H14BrNO4. The quantitative estimate of drug-likeness (QED) is 0.762. The number of rotatable bonds is 2. The maximum atomic E-state index is 12.3. The van der Waals surface area contributed by atoms with Crippen molar-refractivity contribution < 1.29 is 19.1 Å². The molecule has 0 radical (unpaired) electrons. The van der Waals surface area contributed by atoms with Gasteiger partial charge in [0.1, 0.15) is 18.0 Å². The summed E-state index contributed by atoms with van der Waals surface area (Å²) in [6, 6.07) is 3.95. The molecule has 0 N–H and O–H groups in total. The molecule has 2 atom stereocenters. The molecule has 6 heteroatoms. The normalized spacial score (nSPS) is 27.0. The van der Waals surface area contributed by atoms with Crippen molar-refractivity contribution in [1.82, 2.24) is 4.90 Å². The van der Waals surface area contributed by atoms with E-state index in [0.29, 0.717) is 19.4 Å². The Bertz CT molecular complexity index is 623. The minimum absolute atomic E-state index is 0.222. The summed E-state index contributed by atoms with van der Waals surface area (Å²) in [6.45, 7) is 0.908. The molecule has 2 amide bonds. The largest absolute Gasteiger partial charge is 0.493 e. The van der Waals surface area contributed by atoms with Gasteiger partial charge in [0.25, 0.3) is 11.8 Å². The Morgan fingerprint density at radius 3 is 2.62 bits per heavy atom. The summed E-state index contributed by atoms with van der Waals surface area (Å²) in [5.74, 6) is 0.374. The van der Waals surface area contributed by atoms with Gasteiger partial charge in [0.05, 0.1) is 13.2 Å². The summed E-state index contributed by atoms with van der Waals surface area (Å²) in [4.78, 5) is 26.0. The topological polar surface area (TPSA) is 55.8 Å². The van der Waals surface area contributed by atoms with Crippen molar-refractivity contribution in [1.29, 1.82) is 0 Å². The molecule has 0 spiro atoms. The lowest BCUT2D eigenvalue weighted by Gasteiger charge is -2.30. The number of halogens is 1. The van der Waals surface area contributed by atoms with Crippen LogP contribution in [0.5, 0.6) is 5.75 Å². The van der Waals surface area contributed by atoms with Crippen molar-refractivity contribution in [2.45, 2.75) is 38.0 Å². The number of likely N-dealkylation sites (tertiary alicyclic amines) is 1. The average Bonchev–Trinajstić information content (AvgIpc) is 3.08. The van der Waals surface area contributed by atoms with E-state index in [4.69, 9.17) is 9.47 Å². The molecule has 2 bridgehead atoms. The predicted octanol–water partition coefficient (Wildman–Crippen LogP) is 1.80. The number of imide groups is 1. The van der Waals surface area contributed by atoms with Gasteiger partial charge in [0, 0.05) is 16.5 Å². The molecule has 3 aliphatic heterocycles. The van der Waals surface area contributed by atoms with Gasteiger partial charge in [0.2, 0.25) is 0 Å². The van der Waals surface area contributed by atoms with E-state index in [0.717, 1.165) is 27.8 Å². The van der Waals surface area contributed by atoms with Crippen molar-refractivity contribution in [3.8, 4) is 5.75 Å². The second kappa shape index (κ2) is 4.81. The Labute approximate surface area is 130 Å². The van der Waals surface area contributed by atoms with Crippen LogP contribution in [0.1, 0.15) is 24.0 Å². The lowest BCUT2D eigenvalue weighted by molar-refractivity contribution is -0.169. The summed E-state index contributed by atoms with van der Waals surface area (Å²) in [7, 11) is 0. The van der Waals surface area contributed by atoms with Crippen LogP contribution in [-0.2, 0) is 27.3 Å². The van der Waals surface area contributed by atoms with Crippen LogP contribution < -0.4 is 4.74 Å². The fraction of sp³-hybridized carbons (Fsp3) is 0.467. The Hall–Kier alpha value is -1.40. The molecule has 0 saturated carbocycles. The highest BCUT2D eigenvalue weighted by atomic mass is 79.9. The summed E-state index contributed by atoms with van der Waals surface area (Å²) in [6.07, 6.45) is 1.23. The van der Waals surface area contributed by atoms with Gasteiger partial charge in [-0.15, -0.1) is 0 Å². The molecular weight excluding hydrogens is 338 g/mol. The molecule has 1 aromatic carbocycles. The first-order chi connectivity index (χ1) is 10.1. The van der Waals surface area contributed by atoms with Crippen molar-refractivity contribution in [2.75, 3.05) is 6.61 Å². The number of ether oxygens (including phenoxy) is 2. The lowest BCUT2D eigenvalue weighted by Crippen LogP contribution is -2.51. The zero-order chi connectivity index (χ0) is 14.6. The molecule has 3 aliphatic rings. The number of carbonyl (C=O) groups is 2. The van der Waals surface area contributed by atoms with Gasteiger partial charge in [-0.05, 0) is 30.5 Å². The van der Waals surface area contributed by atoms with Crippen LogP contribution in [0.25, 0.3) is 0 Å². The van der Waals surface area contributed by atoms with Crippen LogP contribution in [0, 0.1) is 0 Å². The first kappa shape index (κ1) is 13.3. The first-order valence-electron chi connectivity index (χ1n) is 7.08. The van der Waals surface area contributed by atoms with Crippen LogP contribution in [0.15, 0.2) is 16.6 Å². The Morgan fingerprint density at radius 2 is 1.90 bits per heavy atom. The first-order valence-corrected chi connectivity index (χ1v) is 7.87. The molecule has 2 saturated heterocycles. The second-order valence-electron chi connectivity index (χ2n) is 5.60. The van der Waals surface area contributed by atoms with Gasteiger partial charge >= 0.3 is 0 Å². The van der Waals surface area contributed by atoms with E-state index in [1.165, 1.54) is 4.90 Å². The van der Waals surface area contributed by atoms with E-state index in [1.54, 1.807) is 0 Å². The average molecular weight is 352 g/mol. The molecule has 21 heavy (non-hydrogen) atoms. The van der Waals surface area contributed by atoms with Crippen LogP contribution >= 0.6 is 15.9 Å². The molecule has 5 nitrogen and oxygen atoms in total. The van der Waals surface area contributed by atoms with Crippen LogP contribution in [0.2, 0.25) is 0 Å². The smallest absolute Gasteiger partial charge is 0.258 e. The minimum atomic E-state index is -0.450. The highest BCUT2D eigenvalue weighted by Gasteiger charge is 2.46. The highest BCUT2D eigenvalue weighted by molar-refractivity contribution is 9.10. The number of amides is 2. The Kier molecular flexibility index (Phi) is 3.04. The van der Waals surface area contributed by atoms with Gasteiger partial charge in [-0.1, -0.05) is 15.9 Å². The van der Waals surface area contributed by atoms with Crippen LogP contribution in [-0.4, -0.2) is 35.5 Å². The summed E-state index contributed by atoms with van der Waals surface area (Å²) in [5.41, 5.74) is 2.00. The number of nitrogens with zero attached hydrogens (tertiary/aromatic N) is 1. The third-order valence-corrected chi connectivity index (χ3v) is 4.71. The van der Waals surface area contributed by atoms with E-state index in [-0.39, 0.29) is 18.4 Å². The molecule has 110 valence electrons. The van der Waals surface area contributed by atoms with Crippen molar-refractivity contribution >= 4 is 27.7 Å². The van der Waals surface area contributed by atoms with E-state index in [1.807, 2.05) is 12.1 Å². The van der Waals surface area contributed by atoms with Crippen molar-refractivity contribution in [3.05, 3.63) is 27.7 Å². The maximum Gasteiger partial charge on any atom is 0.258 e. The van der Waals surface area contributed by atoms with E-state index < -0.39 is 12.2 Å². The second-order valence-corrected chi connectivity index (χ2v) is 6.52. The number of carbonyl (C=O) groups excluding carboxylic acids is 2. The van der Waals surface area contributed by atoms with E-state index >= 15 is 0 Å². The molecule has 0 aliphatic carbocycles. The molecule has 3 heterocycles. The van der Waals surface area contributed by atoms with Crippen molar-refractivity contribution in [3.63, 3.8) is 0 Å². The summed E-state index contributed by atoms with van der Waals surface area (Å²) in [5, 5.41) is 0. The van der Waals surface area contributed by atoms with Crippen LogP contribution in [0.4, 0.5) is 0 Å². The van der Waals surface area contributed by atoms with E-state index in [9.17, 15) is 9.59 Å². The minimum Gasteiger partial charge on any atom is -0.493 e. The molecule has 2 unspecified atom stereocenters. The number of hydrogen-bond donors (Lipinski definition) is 0. The van der Waals surface area contributed by atoms with Gasteiger partial charge in [-0.25, -0.2) is 0 Å². The monoisotopic (exact) mass is 351 g/mol. The molecule has 0 aromatic heterocycles. The van der Waals surface area contributed by atoms with Gasteiger partial charge < -0.3 is 9.47 Å². The third kappa shape index (κ3) is 2.08. The Balaban J connectivity index is 1.67. The Morgan fingerprint density at radius 1 is 1.19 bits per heavy atom. The number of hydrogen-bond acceptors (Lipinski definition) is 4. The standard InChI is InChI=1S/C15H14BrNO4/c16-10-5-8-3-4-20-13(8)9(6-10)7-17-14(18)11-1-2-12(21-11)15(17)19/h5-6,11-12H,1-4,7H2. The fourth-order valence-electron chi connectivity index (χ4n) is 3.25. The molecule has 4 rings (SSSR count). The zero-order valence-electron chi connectivity index (χ0n) is 11.3. The lowest BCUT2D eigenvalue weighted by atomic mass is 10.1. The summed E-state index contributed by atoms with van der Waals surface area (Å²) >= 11 is 3.48. The van der Waals surface area contributed by atoms with Gasteiger partial charge in [-0.2, -0.15) is 0 Å². The third-order valence-electron chi connectivity index (χ3n) is 4.26. The highest BCUT2D eigenvalue weighted by Crippen LogP contribution is 2.36. The van der Waals surface area contributed by atoms with Crippen molar-refractivity contribution in [2.24, 2.45) is 0 Å². The summed E-state index contributed by atoms with van der Waals surface area (Å²) < 4.78 is 12.0. The molecule has 1 aromatic rings. The van der Waals surface area contributed by atoms with Gasteiger partial charge in [0.15, 0.2) is 0 Å².